The van der Waals surface area contributed by atoms with Crippen molar-refractivity contribution in [3.63, 3.8) is 0 Å². The van der Waals surface area contributed by atoms with Gasteiger partial charge < -0.3 is 10.3 Å². The van der Waals surface area contributed by atoms with Gasteiger partial charge in [-0.1, -0.05) is 13.3 Å². The molecule has 0 aromatic carbocycles. The second kappa shape index (κ2) is 3.27. The summed E-state index contributed by atoms with van der Waals surface area (Å²) in [4.78, 5) is 10.9. The quantitative estimate of drug-likeness (QED) is 0.682. The Bertz CT molecular complexity index is 274. The molecule has 11 heavy (non-hydrogen) atoms. The number of anilines is 1. The van der Waals surface area contributed by atoms with Crippen LogP contribution >= 0.6 is 0 Å². The van der Waals surface area contributed by atoms with E-state index in [1.807, 2.05) is 0 Å². The van der Waals surface area contributed by atoms with Crippen molar-refractivity contribution in [2.75, 3.05) is 5.73 Å². The molecule has 0 amide bonds. The summed E-state index contributed by atoms with van der Waals surface area (Å²) >= 11 is 0. The van der Waals surface area contributed by atoms with Crippen molar-refractivity contribution < 1.29 is 4.52 Å². The molecule has 1 aromatic rings. The summed E-state index contributed by atoms with van der Waals surface area (Å²) in [6.07, 6.45) is 2.71. The van der Waals surface area contributed by atoms with Crippen LogP contribution in [0.3, 0.4) is 0 Å². The maximum atomic E-state index is 10.9. The van der Waals surface area contributed by atoms with Crippen LogP contribution in [-0.2, 0) is 6.42 Å². The Morgan fingerprint density at radius 1 is 1.64 bits per heavy atom. The fraction of sp³-hybridized carbons (Fsp3) is 0.571. The van der Waals surface area contributed by atoms with Crippen LogP contribution in [-0.4, -0.2) is 5.16 Å². The van der Waals surface area contributed by atoms with Crippen LogP contribution in [0.25, 0.3) is 0 Å². The maximum Gasteiger partial charge on any atom is 0.285 e. The molecule has 0 radical (unpaired) electrons. The molecule has 0 aliphatic rings. The van der Waals surface area contributed by atoms with Gasteiger partial charge in [-0.3, -0.25) is 4.79 Å². The van der Waals surface area contributed by atoms with Gasteiger partial charge in [-0.15, -0.1) is 0 Å². The zero-order valence-electron chi connectivity index (χ0n) is 6.52. The van der Waals surface area contributed by atoms with Gasteiger partial charge in [0, 0.05) is 0 Å². The Labute approximate surface area is 64.4 Å². The third kappa shape index (κ3) is 1.63. The minimum absolute atomic E-state index is 0.198. The van der Waals surface area contributed by atoms with E-state index in [4.69, 9.17) is 5.73 Å². The van der Waals surface area contributed by atoms with Gasteiger partial charge in [0.15, 0.2) is 0 Å². The number of hydrogen-bond donors (Lipinski definition) is 2. The van der Waals surface area contributed by atoms with Crippen molar-refractivity contribution in [2.24, 2.45) is 0 Å². The molecule has 0 saturated heterocycles. The van der Waals surface area contributed by atoms with Crippen LogP contribution < -0.4 is 11.3 Å². The first-order valence-corrected chi connectivity index (χ1v) is 3.71. The number of nitrogen functional groups attached to an aromatic ring is 1. The summed E-state index contributed by atoms with van der Waals surface area (Å²) in [5, 5.41) is 2.19. The first-order chi connectivity index (χ1) is 5.25. The van der Waals surface area contributed by atoms with E-state index in [1.54, 1.807) is 0 Å². The molecule has 0 bridgehead atoms. The number of hydrogen-bond acceptors (Lipinski definition) is 3. The van der Waals surface area contributed by atoms with Crippen molar-refractivity contribution in [2.45, 2.75) is 26.2 Å². The lowest BCUT2D eigenvalue weighted by molar-refractivity contribution is 0.429. The van der Waals surface area contributed by atoms with Gasteiger partial charge in [0.05, 0.1) is 5.56 Å². The summed E-state index contributed by atoms with van der Waals surface area (Å²) in [5.41, 5.74) is 5.76. The molecule has 4 nitrogen and oxygen atoms in total. The van der Waals surface area contributed by atoms with E-state index in [2.05, 4.69) is 16.6 Å². The van der Waals surface area contributed by atoms with Crippen LogP contribution in [0, 0.1) is 0 Å². The summed E-state index contributed by atoms with van der Waals surface area (Å²) in [6, 6.07) is 0. The molecule has 1 aromatic heterocycles. The van der Waals surface area contributed by atoms with Crippen LogP contribution in [0.5, 0.6) is 0 Å². The SMILES string of the molecule is CCCCc1c(N)o[nH]c1=O. The Morgan fingerprint density at radius 3 is 2.82 bits per heavy atom. The molecule has 0 aliphatic heterocycles. The molecule has 62 valence electrons. The van der Waals surface area contributed by atoms with Crippen molar-refractivity contribution in [3.8, 4) is 0 Å². The monoisotopic (exact) mass is 156 g/mol. The smallest absolute Gasteiger partial charge is 0.285 e. The fourth-order valence-electron chi connectivity index (χ4n) is 0.927. The van der Waals surface area contributed by atoms with Crippen LogP contribution in [0.4, 0.5) is 5.88 Å². The highest BCUT2D eigenvalue weighted by Crippen LogP contribution is 2.07. The van der Waals surface area contributed by atoms with Gasteiger partial charge in [-0.2, -0.15) is 5.16 Å². The standard InChI is InChI=1S/C7H12N2O2/c1-2-3-4-5-6(8)11-9-7(5)10/h2-4,8H2,1H3,(H,9,10). The van der Waals surface area contributed by atoms with E-state index >= 15 is 0 Å². The van der Waals surface area contributed by atoms with Gasteiger partial charge in [0.25, 0.3) is 5.56 Å². The molecule has 0 spiro atoms. The minimum atomic E-state index is -0.198. The molecule has 0 unspecified atom stereocenters. The van der Waals surface area contributed by atoms with Crippen molar-refractivity contribution in [1.82, 2.24) is 5.16 Å². The number of nitrogens with two attached hydrogens (primary N) is 1. The van der Waals surface area contributed by atoms with E-state index in [-0.39, 0.29) is 11.4 Å². The third-order valence-electron chi connectivity index (χ3n) is 1.61. The molecule has 1 heterocycles. The number of aromatic amines is 1. The van der Waals surface area contributed by atoms with Gasteiger partial charge >= 0.3 is 0 Å². The average Bonchev–Trinajstić information content (AvgIpc) is 2.29. The average molecular weight is 156 g/mol. The Morgan fingerprint density at radius 2 is 2.36 bits per heavy atom. The number of rotatable bonds is 3. The van der Waals surface area contributed by atoms with Gasteiger partial charge in [0.1, 0.15) is 0 Å². The van der Waals surface area contributed by atoms with Crippen molar-refractivity contribution in [3.05, 3.63) is 15.9 Å². The molecule has 1 rings (SSSR count). The third-order valence-corrected chi connectivity index (χ3v) is 1.61. The Balaban J connectivity index is 2.75. The Hall–Kier alpha value is -1.19. The van der Waals surface area contributed by atoms with Gasteiger partial charge in [0.2, 0.25) is 5.88 Å². The normalized spacial score (nSPS) is 10.3. The van der Waals surface area contributed by atoms with E-state index in [0.717, 1.165) is 12.8 Å². The second-order valence-corrected chi connectivity index (χ2v) is 2.48. The second-order valence-electron chi connectivity index (χ2n) is 2.48. The number of H-pyrrole nitrogens is 1. The number of nitrogens with one attached hydrogen (secondary N) is 1. The highest BCUT2D eigenvalue weighted by molar-refractivity contribution is 5.33. The zero-order chi connectivity index (χ0) is 8.27. The summed E-state index contributed by atoms with van der Waals surface area (Å²) in [5.74, 6) is 0.225. The van der Waals surface area contributed by atoms with Crippen LogP contribution in [0.2, 0.25) is 0 Å². The van der Waals surface area contributed by atoms with E-state index < -0.39 is 0 Å². The lowest BCUT2D eigenvalue weighted by Crippen LogP contribution is -2.06. The fourth-order valence-corrected chi connectivity index (χ4v) is 0.927. The predicted molar refractivity (Wildman–Crippen MR) is 42.4 cm³/mol. The molecule has 3 N–H and O–H groups in total. The highest BCUT2D eigenvalue weighted by Gasteiger charge is 2.07. The predicted octanol–water partition coefficient (Wildman–Crippen LogP) is 0.893. The zero-order valence-corrected chi connectivity index (χ0v) is 6.52. The largest absolute Gasteiger partial charge is 0.367 e. The molecule has 0 saturated carbocycles. The molecule has 0 fully saturated rings. The van der Waals surface area contributed by atoms with E-state index in [9.17, 15) is 4.79 Å². The van der Waals surface area contributed by atoms with Crippen LogP contribution in [0.15, 0.2) is 9.32 Å². The minimum Gasteiger partial charge on any atom is -0.367 e. The molecule has 4 heteroatoms. The lowest BCUT2D eigenvalue weighted by atomic mass is 10.1. The summed E-state index contributed by atoms with van der Waals surface area (Å²) in [7, 11) is 0. The van der Waals surface area contributed by atoms with Crippen molar-refractivity contribution in [1.29, 1.82) is 0 Å². The number of unbranched alkanes of at least 4 members (excludes halogenated alkanes) is 1. The lowest BCUT2D eigenvalue weighted by Gasteiger charge is -1.91. The summed E-state index contributed by atoms with van der Waals surface area (Å²) < 4.78 is 4.63. The molecular weight excluding hydrogens is 144 g/mol. The first-order valence-electron chi connectivity index (χ1n) is 3.71. The topological polar surface area (TPSA) is 72.0 Å². The summed E-state index contributed by atoms with van der Waals surface area (Å²) in [6.45, 7) is 2.06. The molecule has 0 atom stereocenters. The van der Waals surface area contributed by atoms with E-state index in [1.165, 1.54) is 0 Å². The Kier molecular flexibility index (Phi) is 2.36. The first kappa shape index (κ1) is 7.91. The highest BCUT2D eigenvalue weighted by atomic mass is 16.5. The van der Waals surface area contributed by atoms with Gasteiger partial charge in [-0.25, -0.2) is 0 Å². The molecule has 0 aliphatic carbocycles. The molecular formula is C7H12N2O2. The number of aromatic nitrogens is 1. The van der Waals surface area contributed by atoms with Gasteiger partial charge in [-0.05, 0) is 12.8 Å². The van der Waals surface area contributed by atoms with Crippen molar-refractivity contribution >= 4 is 5.88 Å². The van der Waals surface area contributed by atoms with E-state index in [0.29, 0.717) is 12.0 Å². The maximum absolute atomic E-state index is 10.9. The van der Waals surface area contributed by atoms with Crippen LogP contribution in [0.1, 0.15) is 25.3 Å².